The quantitative estimate of drug-likeness (QED) is 0.234. The van der Waals surface area contributed by atoms with Crippen LogP contribution >= 0.6 is 188 Å². The van der Waals surface area contributed by atoms with Crippen LogP contribution in [0.2, 0.25) is 0 Å². The molecule has 0 aromatic heterocycles. The van der Waals surface area contributed by atoms with Crippen molar-refractivity contribution in [3.05, 3.63) is 0 Å². The summed E-state index contributed by atoms with van der Waals surface area (Å²) in [6.07, 6.45) is 4.45. The van der Waals surface area contributed by atoms with E-state index in [1.54, 1.807) is 0 Å². The van der Waals surface area contributed by atoms with Gasteiger partial charge in [0, 0.05) is 59.0 Å². The first-order valence-corrected chi connectivity index (χ1v) is 28.5. The van der Waals surface area contributed by atoms with E-state index in [4.69, 9.17) is 0 Å². The highest BCUT2D eigenvalue weighted by Crippen LogP contribution is 2.45. The van der Waals surface area contributed by atoms with Gasteiger partial charge in [0.05, 0.1) is 7.83 Å². The molecule has 0 nitrogen and oxygen atoms in total. The lowest BCUT2D eigenvalue weighted by Crippen LogP contribution is -2.00. The number of hydrogen-bond acceptors (Lipinski definition) is 16. The molecule has 0 unspecified atom stereocenters. The van der Waals surface area contributed by atoms with Gasteiger partial charge in [-0.1, -0.05) is 0 Å². The molecule has 216 valence electrons. The van der Waals surface area contributed by atoms with Gasteiger partial charge in [-0.15, -0.1) is 165 Å². The van der Waals surface area contributed by atoms with E-state index < -0.39 is 0 Å². The van der Waals surface area contributed by atoms with Crippen LogP contribution in [-0.2, 0) is 0 Å². The molecule has 0 bridgehead atoms. The first kappa shape index (κ1) is 39.6. The third kappa shape index (κ3) is 24.0. The lowest BCUT2D eigenvalue weighted by atomic mass is 11.0. The summed E-state index contributed by atoms with van der Waals surface area (Å²) in [5.74, 6) is 0. The minimum Gasteiger partial charge on any atom is -0.154 e. The predicted octanol–water partition coefficient (Wildman–Crippen LogP) is 12.6. The zero-order valence-electron chi connectivity index (χ0n) is 21.7. The molecular weight excluding hydrogens is 753 g/mol. The van der Waals surface area contributed by atoms with Crippen molar-refractivity contribution in [1.29, 1.82) is 0 Å². The molecule has 36 heavy (non-hydrogen) atoms. The van der Waals surface area contributed by atoms with Gasteiger partial charge < -0.3 is 0 Å². The van der Waals surface area contributed by atoms with Gasteiger partial charge >= 0.3 is 0 Å². The van der Waals surface area contributed by atoms with Gasteiger partial charge in [-0.3, -0.25) is 0 Å². The Bertz CT molecular complexity index is 449. The van der Waals surface area contributed by atoms with Crippen LogP contribution in [0.25, 0.3) is 0 Å². The highest BCUT2D eigenvalue weighted by molar-refractivity contribution is 8.43. The highest BCUT2D eigenvalue weighted by Gasteiger charge is 2.17. The largest absolute Gasteiger partial charge is 0.154 e. The number of rotatable bonds is 6. The summed E-state index contributed by atoms with van der Waals surface area (Å²) in [6.45, 7) is 9.54. The molecule has 0 aliphatic carbocycles. The molecule has 1 aliphatic rings. The summed E-state index contributed by atoms with van der Waals surface area (Å²) >= 11 is 33.8. The van der Waals surface area contributed by atoms with E-state index in [-0.39, 0.29) is 0 Å². The van der Waals surface area contributed by atoms with Crippen molar-refractivity contribution < 1.29 is 0 Å². The second-order valence-electron chi connectivity index (χ2n) is 6.70. The van der Waals surface area contributed by atoms with Crippen molar-refractivity contribution in [2.24, 2.45) is 0 Å². The molecule has 0 amide bonds. The molecule has 1 heterocycles. The molecule has 1 fully saturated rings. The Morgan fingerprint density at radius 1 is 0.417 bits per heavy atom. The molecule has 0 spiro atoms. The van der Waals surface area contributed by atoms with E-state index in [1.807, 2.05) is 23.5 Å². The highest BCUT2D eigenvalue weighted by atomic mass is 32.3. The molecule has 0 N–H and O–H groups in total. The summed E-state index contributed by atoms with van der Waals surface area (Å²) in [5.41, 5.74) is 0. The van der Waals surface area contributed by atoms with Crippen molar-refractivity contribution in [3.63, 3.8) is 0 Å². The Morgan fingerprint density at radius 2 is 0.639 bits per heavy atom. The summed E-state index contributed by atoms with van der Waals surface area (Å²) in [4.78, 5) is 0. The molecular formula is C20H40S16. The average molecular weight is 794 g/mol. The van der Waals surface area contributed by atoms with E-state index in [9.17, 15) is 0 Å². The molecule has 0 aromatic carbocycles. The van der Waals surface area contributed by atoms with Crippen molar-refractivity contribution in [3.8, 4) is 0 Å². The smallest absolute Gasteiger partial charge is 0.0980 e. The van der Waals surface area contributed by atoms with Gasteiger partial charge in [0.25, 0.3) is 0 Å². The molecule has 1 rings (SSSR count). The van der Waals surface area contributed by atoms with E-state index in [0.29, 0.717) is 26.2 Å². The fraction of sp³-hybridized carbons (Fsp3) is 1.00. The Kier molecular flexibility index (Phi) is 30.9. The normalized spacial score (nSPS) is 32.5. The fourth-order valence-electron chi connectivity index (χ4n) is 1.95. The average Bonchev–Trinajstić information content (AvgIpc) is 2.84. The zero-order valence-corrected chi connectivity index (χ0v) is 34.7. The SMILES string of the molecule is CSCS[C@@H]1SCS[C@H](C)SCS[C@H](C)SCS[C@H](C)SCS[C@H](C)SCS[C@H](SCSC)SCS1. The first-order valence-electron chi connectivity index (χ1n) is 11.0. The van der Waals surface area contributed by atoms with Gasteiger partial charge in [0.15, 0.2) is 0 Å². The van der Waals surface area contributed by atoms with Crippen molar-refractivity contribution in [1.82, 2.24) is 0 Å². The monoisotopic (exact) mass is 792 g/mol. The Labute approximate surface area is 291 Å². The maximum absolute atomic E-state index is 2.39. The Hall–Kier alpha value is 5.60. The lowest BCUT2D eigenvalue weighted by Gasteiger charge is -2.20. The maximum atomic E-state index is 2.39. The van der Waals surface area contributed by atoms with Crippen molar-refractivity contribution in [2.45, 2.75) is 53.9 Å². The predicted molar refractivity (Wildman–Crippen MR) is 218 cm³/mol. The lowest BCUT2D eigenvalue weighted by molar-refractivity contribution is 1.41. The molecule has 16 heteroatoms. The summed E-state index contributed by atoms with van der Waals surface area (Å²) in [6, 6.07) is 0. The summed E-state index contributed by atoms with van der Waals surface area (Å²) < 4.78 is 4.00. The maximum Gasteiger partial charge on any atom is 0.0980 e. The molecule has 0 saturated carbocycles. The first-order chi connectivity index (χ1) is 17.4. The molecule has 1 saturated heterocycles. The van der Waals surface area contributed by atoms with Gasteiger partial charge in [0.2, 0.25) is 0 Å². The summed E-state index contributed by atoms with van der Waals surface area (Å²) in [5, 5.41) is 9.59. The minimum atomic E-state index is 0.644. The Balaban J connectivity index is 2.61. The topological polar surface area (TPSA) is 0 Å². The van der Waals surface area contributed by atoms with Crippen LogP contribution in [0.15, 0.2) is 0 Å². The van der Waals surface area contributed by atoms with Gasteiger partial charge in [-0.05, 0) is 40.2 Å². The van der Waals surface area contributed by atoms with E-state index in [0.717, 1.165) is 0 Å². The van der Waals surface area contributed by atoms with E-state index in [2.05, 4.69) is 205 Å². The standard InChI is InChI=1S/C20H40S16/c1-15-23-9-24-16(2)26-11-28-18(4)30-13-34-20(32-8-22-6)36-14-35-19(31-7-21-5)33-12-29-17(3)27-10-25-15/h15-20H,7-14H2,1-6H3/t15-,16+,17-,18+,19-,20+. The summed E-state index contributed by atoms with van der Waals surface area (Å²) in [7, 11) is 0. The second kappa shape index (κ2) is 28.1. The zero-order chi connectivity index (χ0) is 26.4. The van der Waals surface area contributed by atoms with E-state index in [1.165, 1.54) is 40.7 Å². The minimum absolute atomic E-state index is 0.644. The number of thioether (sulfide) groups is 16. The number of hydrogen-bond donors (Lipinski definition) is 0. The Morgan fingerprint density at radius 3 is 0.889 bits per heavy atom. The van der Waals surface area contributed by atoms with Crippen molar-refractivity contribution in [2.75, 3.05) is 53.2 Å². The van der Waals surface area contributed by atoms with Crippen LogP contribution in [0.1, 0.15) is 27.7 Å². The third-order valence-electron chi connectivity index (χ3n) is 3.88. The van der Waals surface area contributed by atoms with Crippen LogP contribution in [-0.4, -0.2) is 79.3 Å². The fourth-order valence-corrected chi connectivity index (χ4v) is 27.6. The van der Waals surface area contributed by atoms with Crippen LogP contribution in [0.5, 0.6) is 0 Å². The van der Waals surface area contributed by atoms with Gasteiger partial charge in [-0.25, -0.2) is 0 Å². The molecule has 1 aliphatic heterocycles. The molecule has 6 atom stereocenters. The van der Waals surface area contributed by atoms with Crippen LogP contribution in [0.3, 0.4) is 0 Å². The van der Waals surface area contributed by atoms with Gasteiger partial charge in [-0.2, -0.15) is 23.5 Å². The van der Waals surface area contributed by atoms with Crippen LogP contribution in [0.4, 0.5) is 0 Å². The van der Waals surface area contributed by atoms with Crippen LogP contribution < -0.4 is 0 Å². The third-order valence-corrected chi connectivity index (χ3v) is 26.9. The second-order valence-corrected chi connectivity index (χ2v) is 31.5. The van der Waals surface area contributed by atoms with Crippen LogP contribution in [0, 0.1) is 0 Å². The van der Waals surface area contributed by atoms with E-state index >= 15 is 0 Å². The molecule has 0 radical (unpaired) electrons. The molecule has 0 aromatic rings. The van der Waals surface area contributed by atoms with Gasteiger partial charge in [0.1, 0.15) is 0 Å². The van der Waals surface area contributed by atoms with Crippen molar-refractivity contribution >= 4 is 188 Å².